The van der Waals surface area contributed by atoms with E-state index in [9.17, 15) is 0 Å². The molecule has 0 saturated carbocycles. The van der Waals surface area contributed by atoms with Gasteiger partial charge in [-0.05, 0) is 37.3 Å². The zero-order valence-corrected chi connectivity index (χ0v) is 20.5. The summed E-state index contributed by atoms with van der Waals surface area (Å²) >= 11 is 0. The van der Waals surface area contributed by atoms with Crippen LogP contribution in [0.15, 0.2) is 47.8 Å². The van der Waals surface area contributed by atoms with Crippen LogP contribution in [0.3, 0.4) is 0 Å². The highest BCUT2D eigenvalue weighted by atomic mass is 127. The molecule has 2 N–H and O–H groups in total. The van der Waals surface area contributed by atoms with Crippen molar-refractivity contribution in [2.24, 2.45) is 4.99 Å². The summed E-state index contributed by atoms with van der Waals surface area (Å²) in [5.74, 6) is 1.89. The van der Waals surface area contributed by atoms with Gasteiger partial charge in [0.2, 0.25) is 0 Å². The van der Waals surface area contributed by atoms with E-state index in [1.54, 1.807) is 6.33 Å². The van der Waals surface area contributed by atoms with Crippen LogP contribution in [0.1, 0.15) is 39.4 Å². The standard InChI is InChI=1S/C22H33N7.HI/c1-4-18(3)26-22(24-13-16-29-17-25-27-21(29)5-2)23-12-8-14-28-15-11-19-9-6-7-10-20(19)28;/h6-7,9-11,15,17-18H,4-5,8,12-14,16H2,1-3H3,(H2,23,24,26);1H. The molecule has 0 aliphatic heterocycles. The first-order valence-corrected chi connectivity index (χ1v) is 10.7. The average Bonchev–Trinajstić information content (AvgIpc) is 3.37. The number of nitrogens with one attached hydrogen (secondary N) is 2. The molecule has 8 heteroatoms. The molecule has 0 radical (unpaired) electrons. The summed E-state index contributed by atoms with van der Waals surface area (Å²) in [4.78, 5) is 4.79. The molecule has 1 unspecified atom stereocenters. The Morgan fingerprint density at radius 3 is 2.77 bits per heavy atom. The van der Waals surface area contributed by atoms with Crippen LogP contribution in [0, 0.1) is 0 Å². The molecule has 7 nitrogen and oxygen atoms in total. The number of guanidine groups is 1. The molecule has 3 aromatic rings. The van der Waals surface area contributed by atoms with Gasteiger partial charge in [-0.25, -0.2) is 0 Å². The molecule has 0 bridgehead atoms. The monoisotopic (exact) mass is 523 g/mol. The smallest absolute Gasteiger partial charge is 0.191 e. The van der Waals surface area contributed by atoms with Crippen molar-refractivity contribution in [3.8, 4) is 0 Å². The molecular weight excluding hydrogens is 489 g/mol. The van der Waals surface area contributed by atoms with Gasteiger partial charge in [0.15, 0.2) is 5.96 Å². The number of para-hydroxylation sites is 1. The maximum Gasteiger partial charge on any atom is 0.191 e. The van der Waals surface area contributed by atoms with E-state index in [0.29, 0.717) is 6.04 Å². The minimum Gasteiger partial charge on any atom is -0.355 e. The van der Waals surface area contributed by atoms with Crippen molar-refractivity contribution in [3.05, 3.63) is 48.7 Å². The molecule has 1 aromatic carbocycles. The van der Waals surface area contributed by atoms with Crippen molar-refractivity contribution in [2.45, 2.75) is 59.2 Å². The third-order valence-electron chi connectivity index (χ3n) is 5.16. The quantitative estimate of drug-likeness (QED) is 0.183. The number of benzene rings is 1. The van der Waals surface area contributed by atoms with E-state index in [4.69, 9.17) is 4.99 Å². The lowest BCUT2D eigenvalue weighted by Crippen LogP contribution is -2.43. The van der Waals surface area contributed by atoms with Gasteiger partial charge in [-0.3, -0.25) is 4.99 Å². The maximum atomic E-state index is 4.79. The highest BCUT2D eigenvalue weighted by Crippen LogP contribution is 2.15. The molecule has 0 saturated heterocycles. The van der Waals surface area contributed by atoms with Crippen LogP contribution in [0.5, 0.6) is 0 Å². The van der Waals surface area contributed by atoms with Crippen LogP contribution in [0.25, 0.3) is 10.9 Å². The Balaban J connectivity index is 0.00000320. The number of hydrogen-bond donors (Lipinski definition) is 2. The van der Waals surface area contributed by atoms with E-state index in [1.807, 2.05) is 0 Å². The zero-order valence-electron chi connectivity index (χ0n) is 18.2. The van der Waals surface area contributed by atoms with Crippen LogP contribution in [-0.2, 0) is 19.5 Å². The molecule has 0 aliphatic rings. The summed E-state index contributed by atoms with van der Waals surface area (Å²) in [6.07, 6.45) is 6.90. The van der Waals surface area contributed by atoms with Gasteiger partial charge in [0, 0.05) is 50.4 Å². The van der Waals surface area contributed by atoms with E-state index in [-0.39, 0.29) is 24.0 Å². The van der Waals surface area contributed by atoms with Gasteiger partial charge in [0.1, 0.15) is 12.2 Å². The van der Waals surface area contributed by atoms with Crippen LogP contribution < -0.4 is 10.6 Å². The predicted molar refractivity (Wildman–Crippen MR) is 135 cm³/mol. The molecule has 0 spiro atoms. The van der Waals surface area contributed by atoms with Gasteiger partial charge in [-0.2, -0.15) is 0 Å². The molecule has 164 valence electrons. The van der Waals surface area contributed by atoms with E-state index < -0.39 is 0 Å². The van der Waals surface area contributed by atoms with Crippen molar-refractivity contribution in [3.63, 3.8) is 0 Å². The predicted octanol–water partition coefficient (Wildman–Crippen LogP) is 3.84. The van der Waals surface area contributed by atoms with E-state index in [2.05, 4.69) is 87.3 Å². The Morgan fingerprint density at radius 2 is 1.97 bits per heavy atom. The Kier molecular flexibility index (Phi) is 10.1. The van der Waals surface area contributed by atoms with Crippen LogP contribution >= 0.6 is 24.0 Å². The summed E-state index contributed by atoms with van der Waals surface area (Å²) in [5.41, 5.74) is 1.29. The third kappa shape index (κ3) is 6.72. The number of aromatic nitrogens is 4. The topological polar surface area (TPSA) is 72.1 Å². The number of halogens is 1. The Bertz CT molecular complexity index is 915. The van der Waals surface area contributed by atoms with Gasteiger partial charge < -0.3 is 19.8 Å². The first-order chi connectivity index (χ1) is 14.2. The van der Waals surface area contributed by atoms with Crippen molar-refractivity contribution in [1.82, 2.24) is 30.0 Å². The number of hydrogen-bond acceptors (Lipinski definition) is 3. The Labute approximate surface area is 196 Å². The molecule has 1 atom stereocenters. The maximum absolute atomic E-state index is 4.79. The first-order valence-electron chi connectivity index (χ1n) is 10.7. The van der Waals surface area contributed by atoms with Crippen molar-refractivity contribution >= 4 is 40.8 Å². The average molecular weight is 523 g/mol. The lowest BCUT2D eigenvalue weighted by Gasteiger charge is -2.17. The molecule has 2 heterocycles. The SMILES string of the molecule is CCc1nncn1CCNC(=NCCCn1ccc2ccccc21)NC(C)CC.I. The second kappa shape index (κ2) is 12.6. The number of fused-ring (bicyclic) bond motifs is 1. The highest BCUT2D eigenvalue weighted by Gasteiger charge is 2.05. The largest absolute Gasteiger partial charge is 0.355 e. The molecule has 0 aliphatic carbocycles. The lowest BCUT2D eigenvalue weighted by molar-refractivity contribution is 0.596. The number of rotatable bonds is 10. The van der Waals surface area contributed by atoms with Gasteiger partial charge >= 0.3 is 0 Å². The third-order valence-corrected chi connectivity index (χ3v) is 5.16. The normalized spacial score (nSPS) is 12.6. The molecule has 3 rings (SSSR count). The van der Waals surface area contributed by atoms with Gasteiger partial charge in [0.05, 0.1) is 0 Å². The highest BCUT2D eigenvalue weighted by molar-refractivity contribution is 14.0. The van der Waals surface area contributed by atoms with E-state index >= 15 is 0 Å². The zero-order chi connectivity index (χ0) is 20.5. The summed E-state index contributed by atoms with van der Waals surface area (Å²) in [7, 11) is 0. The number of nitrogens with zero attached hydrogens (tertiary/aromatic N) is 5. The minimum atomic E-state index is 0. The van der Waals surface area contributed by atoms with Crippen LogP contribution in [0.2, 0.25) is 0 Å². The fourth-order valence-electron chi connectivity index (χ4n) is 3.29. The molecule has 2 aromatic heterocycles. The van der Waals surface area contributed by atoms with E-state index in [0.717, 1.165) is 57.2 Å². The van der Waals surface area contributed by atoms with Gasteiger partial charge in [-0.1, -0.05) is 32.0 Å². The second-order valence-corrected chi connectivity index (χ2v) is 7.33. The fourth-order valence-corrected chi connectivity index (χ4v) is 3.29. The fraction of sp³-hybridized carbons (Fsp3) is 0.500. The van der Waals surface area contributed by atoms with Crippen LogP contribution in [-0.4, -0.2) is 44.4 Å². The minimum absolute atomic E-state index is 0. The van der Waals surface area contributed by atoms with Crippen molar-refractivity contribution in [1.29, 1.82) is 0 Å². The summed E-state index contributed by atoms with van der Waals surface area (Å²) in [5, 5.41) is 16.4. The van der Waals surface area contributed by atoms with Crippen LogP contribution in [0.4, 0.5) is 0 Å². The Morgan fingerprint density at radius 1 is 1.13 bits per heavy atom. The second-order valence-electron chi connectivity index (χ2n) is 7.33. The molecule has 0 fully saturated rings. The van der Waals surface area contributed by atoms with Crippen molar-refractivity contribution < 1.29 is 0 Å². The van der Waals surface area contributed by atoms with Gasteiger partial charge in [0.25, 0.3) is 0 Å². The van der Waals surface area contributed by atoms with E-state index in [1.165, 1.54) is 10.9 Å². The summed E-state index contributed by atoms with van der Waals surface area (Å²) < 4.78 is 4.39. The molecule has 30 heavy (non-hydrogen) atoms. The number of aryl methyl sites for hydroxylation is 2. The molecule has 0 amide bonds. The summed E-state index contributed by atoms with van der Waals surface area (Å²) in [6, 6.07) is 11.1. The number of aliphatic imine (C=N–C) groups is 1. The van der Waals surface area contributed by atoms with Crippen molar-refractivity contribution in [2.75, 3.05) is 13.1 Å². The first kappa shape index (κ1) is 24.2. The Hall–Kier alpha value is -2.10. The molecular formula is C22H34IN7. The summed E-state index contributed by atoms with van der Waals surface area (Å²) in [6.45, 7) is 9.82. The lowest BCUT2D eigenvalue weighted by atomic mass is 10.2. The van der Waals surface area contributed by atoms with Gasteiger partial charge in [-0.15, -0.1) is 34.2 Å².